The van der Waals surface area contributed by atoms with E-state index < -0.39 is 0 Å². The lowest BCUT2D eigenvalue weighted by molar-refractivity contribution is 0.00724. The maximum atomic E-state index is 5.96. The van der Waals surface area contributed by atoms with Crippen LogP contribution >= 0.6 is 0 Å². The second-order valence-electron chi connectivity index (χ2n) is 5.69. The maximum Gasteiger partial charge on any atom is 0.0620 e. The molecule has 1 heterocycles. The van der Waals surface area contributed by atoms with E-state index in [9.17, 15) is 0 Å². The van der Waals surface area contributed by atoms with E-state index in [-0.39, 0.29) is 0 Å². The lowest BCUT2D eigenvalue weighted by Gasteiger charge is -2.44. The van der Waals surface area contributed by atoms with E-state index in [1.165, 1.54) is 25.8 Å². The fraction of sp³-hybridized carbons (Fsp3) is 1.00. The van der Waals surface area contributed by atoms with Gasteiger partial charge in [0.2, 0.25) is 0 Å². The molecule has 0 bridgehead atoms. The Hall–Kier alpha value is -0.120. The first-order valence-corrected chi connectivity index (χ1v) is 7.08. The summed E-state index contributed by atoms with van der Waals surface area (Å²) >= 11 is 0. The molecule has 1 aliphatic rings. The summed E-state index contributed by atoms with van der Waals surface area (Å²) < 4.78 is 5.38. The molecule has 0 saturated carbocycles. The van der Waals surface area contributed by atoms with Crippen LogP contribution in [0.1, 0.15) is 40.0 Å². The van der Waals surface area contributed by atoms with Crippen molar-refractivity contribution >= 4 is 0 Å². The van der Waals surface area contributed by atoms with E-state index in [0.29, 0.717) is 18.0 Å². The van der Waals surface area contributed by atoms with Gasteiger partial charge in [-0.05, 0) is 31.2 Å². The van der Waals surface area contributed by atoms with Gasteiger partial charge in [-0.2, -0.15) is 0 Å². The molecule has 1 rings (SSSR count). The van der Waals surface area contributed by atoms with E-state index in [4.69, 9.17) is 10.5 Å². The summed E-state index contributed by atoms with van der Waals surface area (Å²) in [7, 11) is 1.80. The zero-order chi connectivity index (χ0) is 12.8. The molecule has 0 spiro atoms. The van der Waals surface area contributed by atoms with Gasteiger partial charge in [0.15, 0.2) is 0 Å². The van der Waals surface area contributed by atoms with Crippen LogP contribution < -0.4 is 5.73 Å². The van der Waals surface area contributed by atoms with Crippen LogP contribution in [0, 0.1) is 11.8 Å². The zero-order valence-electron chi connectivity index (χ0n) is 12.0. The van der Waals surface area contributed by atoms with Crippen LogP contribution in [0.5, 0.6) is 0 Å². The van der Waals surface area contributed by atoms with E-state index in [2.05, 4.69) is 25.7 Å². The molecule has 0 aromatic carbocycles. The number of nitrogens with zero attached hydrogens (tertiary/aromatic N) is 1. The normalized spacial score (nSPS) is 28.6. The van der Waals surface area contributed by atoms with Gasteiger partial charge in [0.1, 0.15) is 0 Å². The number of nitrogens with two attached hydrogens (primary N) is 1. The second-order valence-corrected chi connectivity index (χ2v) is 5.69. The maximum absolute atomic E-state index is 5.96. The van der Waals surface area contributed by atoms with Gasteiger partial charge in [-0.25, -0.2) is 0 Å². The van der Waals surface area contributed by atoms with Crippen LogP contribution in [0.3, 0.4) is 0 Å². The van der Waals surface area contributed by atoms with Crippen molar-refractivity contribution in [1.82, 2.24) is 4.90 Å². The molecule has 1 aliphatic heterocycles. The predicted octanol–water partition coefficient (Wildman–Crippen LogP) is 2.11. The highest BCUT2D eigenvalue weighted by Gasteiger charge is 2.32. The number of ether oxygens (including phenoxy) is 1. The largest absolute Gasteiger partial charge is 0.383 e. The molecule has 17 heavy (non-hydrogen) atoms. The summed E-state index contributed by atoms with van der Waals surface area (Å²) in [6, 6.07) is 1.07. The first kappa shape index (κ1) is 14.9. The van der Waals surface area contributed by atoms with Crippen LogP contribution in [0.25, 0.3) is 0 Å². The second kappa shape index (κ2) is 7.34. The molecule has 0 aliphatic carbocycles. The van der Waals surface area contributed by atoms with Crippen LogP contribution in [0.4, 0.5) is 0 Å². The molecule has 0 aromatic heterocycles. The molecule has 0 amide bonds. The van der Waals surface area contributed by atoms with Gasteiger partial charge in [-0.1, -0.05) is 27.2 Å². The molecule has 0 radical (unpaired) electrons. The zero-order valence-corrected chi connectivity index (χ0v) is 12.0. The minimum absolute atomic E-state index is 0.520. The molecule has 3 nitrogen and oxygen atoms in total. The first-order valence-electron chi connectivity index (χ1n) is 7.08. The van der Waals surface area contributed by atoms with Crippen molar-refractivity contribution in [3.05, 3.63) is 0 Å². The molecule has 0 aromatic rings. The fourth-order valence-corrected chi connectivity index (χ4v) is 3.03. The summed E-state index contributed by atoms with van der Waals surface area (Å²) in [5.74, 6) is 1.50. The Balaban J connectivity index is 2.66. The third-order valence-electron chi connectivity index (χ3n) is 4.25. The van der Waals surface area contributed by atoms with Crippen molar-refractivity contribution < 1.29 is 4.74 Å². The Kier molecular flexibility index (Phi) is 6.45. The quantitative estimate of drug-likeness (QED) is 0.775. The number of likely N-dealkylation sites (tertiary alicyclic amines) is 1. The summed E-state index contributed by atoms with van der Waals surface area (Å²) in [6.45, 7) is 9.65. The number of rotatable bonds is 6. The van der Waals surface area contributed by atoms with Crippen molar-refractivity contribution in [2.24, 2.45) is 17.6 Å². The van der Waals surface area contributed by atoms with Crippen molar-refractivity contribution in [3.63, 3.8) is 0 Å². The van der Waals surface area contributed by atoms with E-state index in [1.807, 2.05) is 0 Å². The predicted molar refractivity (Wildman–Crippen MR) is 73.1 cm³/mol. The van der Waals surface area contributed by atoms with Crippen molar-refractivity contribution in [3.8, 4) is 0 Å². The third-order valence-corrected chi connectivity index (χ3v) is 4.25. The van der Waals surface area contributed by atoms with E-state index >= 15 is 0 Å². The highest BCUT2D eigenvalue weighted by atomic mass is 16.5. The van der Waals surface area contributed by atoms with Gasteiger partial charge in [0.05, 0.1) is 6.61 Å². The number of hydrogen-bond donors (Lipinski definition) is 1. The Morgan fingerprint density at radius 3 is 2.59 bits per heavy atom. The topological polar surface area (TPSA) is 38.5 Å². The van der Waals surface area contributed by atoms with Gasteiger partial charge < -0.3 is 10.5 Å². The van der Waals surface area contributed by atoms with Gasteiger partial charge in [-0.15, -0.1) is 0 Å². The SMILES string of the molecule is CCC1CCN(C(COC)C(C)C)C(CN)C1. The van der Waals surface area contributed by atoms with Gasteiger partial charge in [0, 0.05) is 25.7 Å². The molecule has 3 heteroatoms. The average molecular weight is 242 g/mol. The Bertz CT molecular complexity index is 208. The Morgan fingerprint density at radius 2 is 2.12 bits per heavy atom. The van der Waals surface area contributed by atoms with Crippen molar-refractivity contribution in [2.75, 3.05) is 26.8 Å². The fourth-order valence-electron chi connectivity index (χ4n) is 3.03. The molecule has 3 unspecified atom stereocenters. The van der Waals surface area contributed by atoms with Crippen molar-refractivity contribution in [2.45, 2.75) is 52.1 Å². The number of methoxy groups -OCH3 is 1. The number of hydrogen-bond acceptors (Lipinski definition) is 3. The van der Waals surface area contributed by atoms with E-state index in [0.717, 1.165) is 19.1 Å². The molecule has 3 atom stereocenters. The van der Waals surface area contributed by atoms with Crippen LogP contribution in [-0.4, -0.2) is 43.8 Å². The Labute approximate surface area is 107 Å². The highest BCUT2D eigenvalue weighted by Crippen LogP contribution is 2.28. The minimum Gasteiger partial charge on any atom is -0.383 e. The van der Waals surface area contributed by atoms with Crippen molar-refractivity contribution in [1.29, 1.82) is 0 Å². The first-order chi connectivity index (χ1) is 8.13. The van der Waals surface area contributed by atoms with Crippen LogP contribution in [0.2, 0.25) is 0 Å². The van der Waals surface area contributed by atoms with Crippen LogP contribution in [0.15, 0.2) is 0 Å². The number of piperidine rings is 1. The summed E-state index contributed by atoms with van der Waals surface area (Å²) in [5, 5.41) is 0. The summed E-state index contributed by atoms with van der Waals surface area (Å²) in [6.07, 6.45) is 3.88. The lowest BCUT2D eigenvalue weighted by atomic mass is 9.86. The smallest absolute Gasteiger partial charge is 0.0620 e. The minimum atomic E-state index is 0.520. The molecular weight excluding hydrogens is 212 g/mol. The van der Waals surface area contributed by atoms with Gasteiger partial charge >= 0.3 is 0 Å². The van der Waals surface area contributed by atoms with E-state index in [1.54, 1.807) is 7.11 Å². The molecule has 1 saturated heterocycles. The molecule has 2 N–H and O–H groups in total. The third kappa shape index (κ3) is 3.94. The standard InChI is InChI=1S/C14H30N2O/c1-5-12-6-7-16(13(8-12)9-15)14(10-17-4)11(2)3/h11-14H,5-10,15H2,1-4H3. The van der Waals surface area contributed by atoms with Gasteiger partial charge in [0.25, 0.3) is 0 Å². The molecule has 102 valence electrons. The highest BCUT2D eigenvalue weighted by molar-refractivity contribution is 4.87. The summed E-state index contributed by atoms with van der Waals surface area (Å²) in [4.78, 5) is 2.60. The average Bonchev–Trinajstić information content (AvgIpc) is 2.35. The molecule has 1 fully saturated rings. The van der Waals surface area contributed by atoms with Gasteiger partial charge in [-0.3, -0.25) is 4.90 Å². The van der Waals surface area contributed by atoms with Crippen LogP contribution in [-0.2, 0) is 4.74 Å². The lowest BCUT2D eigenvalue weighted by Crippen LogP contribution is -2.54. The summed E-state index contributed by atoms with van der Waals surface area (Å²) in [5.41, 5.74) is 5.96. The molecular formula is C14H30N2O. The Morgan fingerprint density at radius 1 is 1.41 bits per heavy atom. The monoisotopic (exact) mass is 242 g/mol.